The molecule has 22 heavy (non-hydrogen) atoms. The summed E-state index contributed by atoms with van der Waals surface area (Å²) in [7, 11) is 0. The summed E-state index contributed by atoms with van der Waals surface area (Å²) < 4.78 is 5.73. The van der Waals surface area contributed by atoms with Gasteiger partial charge in [0.05, 0.1) is 12.6 Å². The molecule has 0 N–H and O–H groups in total. The molecule has 0 amide bonds. The van der Waals surface area contributed by atoms with Crippen molar-refractivity contribution in [2.24, 2.45) is 0 Å². The van der Waals surface area contributed by atoms with Gasteiger partial charge in [0, 0.05) is 31.7 Å². The highest BCUT2D eigenvalue weighted by Gasteiger charge is 2.19. The minimum atomic E-state index is 0.148. The van der Waals surface area contributed by atoms with Crippen LogP contribution in [-0.2, 0) is 0 Å². The van der Waals surface area contributed by atoms with Gasteiger partial charge in [-0.2, -0.15) is 0 Å². The lowest BCUT2D eigenvalue weighted by atomic mass is 10.1. The smallest absolute Gasteiger partial charge is 0.176 e. The van der Waals surface area contributed by atoms with Crippen LogP contribution in [0.5, 0.6) is 5.75 Å². The maximum atomic E-state index is 12.5. The number of hydrogen-bond donors (Lipinski definition) is 0. The molecular formula is C18H28N2O2. The van der Waals surface area contributed by atoms with Crippen LogP contribution < -0.4 is 4.74 Å². The molecule has 0 unspecified atom stereocenters. The first-order valence-electron chi connectivity index (χ1n) is 8.24. The van der Waals surface area contributed by atoms with E-state index in [9.17, 15) is 4.79 Å². The number of Topliss-reactive ketones (excluding diaryl/α,β-unsaturated/α-hetero) is 1. The fourth-order valence-corrected chi connectivity index (χ4v) is 2.77. The fourth-order valence-electron chi connectivity index (χ4n) is 2.77. The zero-order chi connectivity index (χ0) is 16.1. The van der Waals surface area contributed by atoms with Crippen LogP contribution in [0.15, 0.2) is 18.2 Å². The van der Waals surface area contributed by atoms with Crippen LogP contribution in [0.25, 0.3) is 0 Å². The van der Waals surface area contributed by atoms with Crippen LogP contribution >= 0.6 is 0 Å². The number of ether oxygens (including phenoxy) is 1. The Morgan fingerprint density at radius 3 is 2.36 bits per heavy atom. The number of benzene rings is 1. The monoisotopic (exact) mass is 304 g/mol. The minimum Gasteiger partial charge on any atom is -0.491 e. The van der Waals surface area contributed by atoms with Crippen LogP contribution in [0.2, 0.25) is 0 Å². The van der Waals surface area contributed by atoms with E-state index in [1.54, 1.807) is 0 Å². The van der Waals surface area contributed by atoms with Crippen molar-refractivity contribution in [2.45, 2.75) is 33.8 Å². The molecule has 0 saturated carbocycles. The number of carbonyl (C=O) groups excluding carboxylic acids is 1. The summed E-state index contributed by atoms with van der Waals surface area (Å²) in [5, 5.41) is 0. The predicted molar refractivity (Wildman–Crippen MR) is 89.8 cm³/mol. The van der Waals surface area contributed by atoms with Crippen molar-refractivity contribution in [3.05, 3.63) is 29.3 Å². The second-order valence-electron chi connectivity index (χ2n) is 6.28. The van der Waals surface area contributed by atoms with Crippen molar-refractivity contribution in [1.82, 2.24) is 9.80 Å². The molecule has 0 aromatic heterocycles. The molecule has 1 aliphatic heterocycles. The highest BCUT2D eigenvalue weighted by Crippen LogP contribution is 2.21. The molecule has 1 heterocycles. The Hall–Kier alpha value is -1.39. The summed E-state index contributed by atoms with van der Waals surface area (Å²) in [6.45, 7) is 13.9. The number of ketones is 1. The number of likely N-dealkylation sites (N-methyl/N-ethyl adjacent to an activating group) is 1. The van der Waals surface area contributed by atoms with Gasteiger partial charge in [0.25, 0.3) is 0 Å². The molecule has 0 bridgehead atoms. The van der Waals surface area contributed by atoms with Gasteiger partial charge in [0.15, 0.2) is 5.78 Å². The largest absolute Gasteiger partial charge is 0.491 e. The molecular weight excluding hydrogens is 276 g/mol. The van der Waals surface area contributed by atoms with Crippen molar-refractivity contribution < 1.29 is 9.53 Å². The second-order valence-corrected chi connectivity index (χ2v) is 6.28. The molecule has 2 rings (SSSR count). The van der Waals surface area contributed by atoms with Crippen molar-refractivity contribution in [3.8, 4) is 5.75 Å². The van der Waals surface area contributed by atoms with E-state index in [1.807, 2.05) is 39.0 Å². The predicted octanol–water partition coefficient (Wildman–Crippen LogP) is 2.60. The summed E-state index contributed by atoms with van der Waals surface area (Å²) in [6.07, 6.45) is 0.148. The van der Waals surface area contributed by atoms with Gasteiger partial charge in [-0.25, -0.2) is 0 Å². The molecule has 1 aromatic carbocycles. The number of piperazine rings is 1. The molecule has 0 radical (unpaired) electrons. The third-order valence-corrected chi connectivity index (χ3v) is 4.14. The normalized spacial score (nSPS) is 17.0. The number of rotatable bonds is 6. The Morgan fingerprint density at radius 1 is 1.18 bits per heavy atom. The first-order chi connectivity index (χ1) is 10.5. The molecule has 122 valence electrons. The highest BCUT2D eigenvalue weighted by molar-refractivity contribution is 5.98. The Morgan fingerprint density at radius 2 is 1.82 bits per heavy atom. The van der Waals surface area contributed by atoms with E-state index >= 15 is 0 Å². The lowest BCUT2D eigenvalue weighted by molar-refractivity contribution is 0.0859. The molecule has 4 nitrogen and oxygen atoms in total. The van der Waals surface area contributed by atoms with Crippen LogP contribution in [0.3, 0.4) is 0 Å². The summed E-state index contributed by atoms with van der Waals surface area (Å²) in [4.78, 5) is 17.1. The average Bonchev–Trinajstić information content (AvgIpc) is 2.49. The Kier molecular flexibility index (Phi) is 5.98. The number of nitrogens with zero attached hydrogens (tertiary/aromatic N) is 2. The lowest BCUT2D eigenvalue weighted by Crippen LogP contribution is -2.47. The standard InChI is InChI=1S/C18H28N2O2/c1-5-19-8-10-20(11-9-19)13-17(21)16-6-7-18(15(4)12-16)22-14(2)3/h6-7,12,14H,5,8-11,13H2,1-4H3. The average molecular weight is 304 g/mol. The quantitative estimate of drug-likeness (QED) is 0.756. The number of carbonyl (C=O) groups is 1. The first-order valence-corrected chi connectivity index (χ1v) is 8.24. The molecule has 4 heteroatoms. The zero-order valence-electron chi connectivity index (χ0n) is 14.3. The maximum Gasteiger partial charge on any atom is 0.176 e. The molecule has 0 spiro atoms. The van der Waals surface area contributed by atoms with Crippen LogP contribution in [0.1, 0.15) is 36.7 Å². The second kappa shape index (κ2) is 7.75. The van der Waals surface area contributed by atoms with Crippen LogP contribution in [0.4, 0.5) is 0 Å². The maximum absolute atomic E-state index is 12.5. The van der Waals surface area contributed by atoms with Gasteiger partial charge in [0.2, 0.25) is 0 Å². The van der Waals surface area contributed by atoms with E-state index in [0.29, 0.717) is 6.54 Å². The first kappa shape index (κ1) is 17.0. The van der Waals surface area contributed by atoms with Crippen molar-refractivity contribution in [1.29, 1.82) is 0 Å². The Labute approximate surface area is 134 Å². The van der Waals surface area contributed by atoms with Crippen LogP contribution in [0, 0.1) is 6.92 Å². The fraction of sp³-hybridized carbons (Fsp3) is 0.611. The molecule has 0 atom stereocenters. The molecule has 1 aliphatic rings. The van der Waals surface area contributed by atoms with Gasteiger partial charge in [-0.1, -0.05) is 6.92 Å². The van der Waals surface area contributed by atoms with Gasteiger partial charge in [0.1, 0.15) is 5.75 Å². The molecule has 1 saturated heterocycles. The Balaban J connectivity index is 1.94. The molecule has 0 aliphatic carbocycles. The third-order valence-electron chi connectivity index (χ3n) is 4.14. The summed E-state index contributed by atoms with van der Waals surface area (Å²) in [5.41, 5.74) is 1.81. The van der Waals surface area contributed by atoms with Crippen molar-refractivity contribution >= 4 is 5.78 Å². The summed E-state index contributed by atoms with van der Waals surface area (Å²) >= 11 is 0. The van der Waals surface area contributed by atoms with Gasteiger partial charge in [-0.05, 0) is 51.1 Å². The van der Waals surface area contributed by atoms with E-state index < -0.39 is 0 Å². The van der Waals surface area contributed by atoms with Gasteiger partial charge >= 0.3 is 0 Å². The van der Waals surface area contributed by atoms with Crippen LogP contribution in [-0.4, -0.2) is 61.0 Å². The number of aryl methyl sites for hydroxylation is 1. The number of hydrogen-bond acceptors (Lipinski definition) is 4. The summed E-state index contributed by atoms with van der Waals surface area (Å²) in [5.74, 6) is 1.06. The topological polar surface area (TPSA) is 32.8 Å². The van der Waals surface area contributed by atoms with Gasteiger partial charge < -0.3 is 9.64 Å². The zero-order valence-corrected chi connectivity index (χ0v) is 14.3. The molecule has 1 fully saturated rings. The van der Waals surface area contributed by atoms with Gasteiger partial charge in [-0.15, -0.1) is 0 Å². The van der Waals surface area contributed by atoms with Crippen molar-refractivity contribution in [3.63, 3.8) is 0 Å². The third kappa shape index (κ3) is 4.55. The van der Waals surface area contributed by atoms with Gasteiger partial charge in [-0.3, -0.25) is 9.69 Å². The highest BCUT2D eigenvalue weighted by atomic mass is 16.5. The Bertz CT molecular complexity index is 506. The van der Waals surface area contributed by atoms with E-state index in [2.05, 4.69) is 16.7 Å². The summed E-state index contributed by atoms with van der Waals surface area (Å²) in [6, 6.07) is 5.75. The lowest BCUT2D eigenvalue weighted by Gasteiger charge is -2.33. The van der Waals surface area contributed by atoms with E-state index in [1.165, 1.54) is 0 Å². The van der Waals surface area contributed by atoms with E-state index in [0.717, 1.165) is 49.6 Å². The van der Waals surface area contributed by atoms with Crippen molar-refractivity contribution in [2.75, 3.05) is 39.3 Å². The minimum absolute atomic E-state index is 0.148. The van der Waals surface area contributed by atoms with E-state index in [4.69, 9.17) is 4.74 Å². The van der Waals surface area contributed by atoms with E-state index in [-0.39, 0.29) is 11.9 Å². The SMILES string of the molecule is CCN1CCN(CC(=O)c2ccc(OC(C)C)c(C)c2)CC1. The molecule has 1 aromatic rings.